The molecule has 1 aromatic carbocycles. The van der Waals surface area contributed by atoms with E-state index in [9.17, 15) is 4.79 Å². The van der Waals surface area contributed by atoms with Crippen LogP contribution in [0.2, 0.25) is 10.0 Å². The summed E-state index contributed by atoms with van der Waals surface area (Å²) in [7, 11) is 0. The summed E-state index contributed by atoms with van der Waals surface area (Å²) in [6, 6.07) is 7.06. The number of carbonyl (C=O) groups is 1. The molecule has 0 aliphatic heterocycles. The second-order valence-corrected chi connectivity index (χ2v) is 7.06. The maximum Gasteiger partial charge on any atom is 0.257 e. The van der Waals surface area contributed by atoms with E-state index in [-0.39, 0.29) is 17.9 Å². The molecule has 1 aliphatic rings. The van der Waals surface area contributed by atoms with Crippen LogP contribution in [0.3, 0.4) is 0 Å². The Hall–Kier alpha value is -1.23. The van der Waals surface area contributed by atoms with Gasteiger partial charge in [0.05, 0.1) is 5.02 Å². The van der Waals surface area contributed by atoms with Crippen LogP contribution in [-0.2, 0) is 10.2 Å². The Balaban J connectivity index is 1.49. The third-order valence-corrected chi connectivity index (χ3v) is 5.08. The van der Waals surface area contributed by atoms with Crippen molar-refractivity contribution in [2.75, 3.05) is 13.2 Å². The van der Waals surface area contributed by atoms with Crippen molar-refractivity contribution in [2.45, 2.75) is 18.3 Å². The third kappa shape index (κ3) is 3.57. The number of hydrogen-bond acceptors (Lipinski definition) is 3. The fourth-order valence-electron chi connectivity index (χ4n) is 2.34. The minimum absolute atomic E-state index is 0.0545. The molecular weight excluding hydrogens is 341 g/mol. The minimum atomic E-state index is -0.146. The van der Waals surface area contributed by atoms with Crippen molar-refractivity contribution in [1.82, 2.24) is 5.32 Å². The zero-order valence-electron chi connectivity index (χ0n) is 11.8. The number of hydrogen-bond donors (Lipinski definition) is 1. The zero-order valence-corrected chi connectivity index (χ0v) is 14.1. The quantitative estimate of drug-likeness (QED) is 0.839. The Morgan fingerprint density at radius 2 is 2.14 bits per heavy atom. The lowest BCUT2D eigenvalue weighted by Crippen LogP contribution is -2.35. The van der Waals surface area contributed by atoms with Crippen LogP contribution in [0.4, 0.5) is 0 Å². The predicted molar refractivity (Wildman–Crippen MR) is 90.2 cm³/mol. The summed E-state index contributed by atoms with van der Waals surface area (Å²) in [5.41, 5.74) is 1.45. The van der Waals surface area contributed by atoms with Crippen LogP contribution < -0.4 is 10.1 Å². The van der Waals surface area contributed by atoms with E-state index in [1.807, 2.05) is 0 Å². The maximum atomic E-state index is 11.9. The molecule has 1 saturated carbocycles. The van der Waals surface area contributed by atoms with E-state index in [0.29, 0.717) is 22.3 Å². The molecule has 6 heteroatoms. The van der Waals surface area contributed by atoms with Gasteiger partial charge in [-0.2, -0.15) is 11.3 Å². The Morgan fingerprint density at radius 3 is 2.77 bits per heavy atom. The van der Waals surface area contributed by atoms with Crippen LogP contribution >= 0.6 is 34.5 Å². The van der Waals surface area contributed by atoms with E-state index < -0.39 is 0 Å². The molecule has 0 bridgehead atoms. The highest BCUT2D eigenvalue weighted by atomic mass is 35.5. The Morgan fingerprint density at radius 1 is 1.32 bits per heavy atom. The maximum absolute atomic E-state index is 11.9. The normalized spacial score (nSPS) is 15.4. The van der Waals surface area contributed by atoms with Gasteiger partial charge < -0.3 is 10.1 Å². The van der Waals surface area contributed by atoms with Gasteiger partial charge in [-0.3, -0.25) is 4.79 Å². The molecule has 1 aliphatic carbocycles. The van der Waals surface area contributed by atoms with Crippen molar-refractivity contribution < 1.29 is 9.53 Å². The van der Waals surface area contributed by atoms with E-state index in [1.165, 1.54) is 5.56 Å². The van der Waals surface area contributed by atoms with Crippen molar-refractivity contribution >= 4 is 40.4 Å². The molecule has 0 unspecified atom stereocenters. The van der Waals surface area contributed by atoms with Gasteiger partial charge in [0.2, 0.25) is 0 Å². The lowest BCUT2D eigenvalue weighted by atomic mass is 9.99. The number of ether oxygens (including phenoxy) is 1. The average Bonchev–Trinajstić information content (AvgIpc) is 3.07. The van der Waals surface area contributed by atoms with Crippen LogP contribution in [0.1, 0.15) is 18.4 Å². The number of nitrogens with one attached hydrogen (secondary N) is 1. The van der Waals surface area contributed by atoms with Gasteiger partial charge in [0.15, 0.2) is 6.61 Å². The molecule has 1 aromatic heterocycles. The molecule has 0 radical (unpaired) electrons. The van der Waals surface area contributed by atoms with Crippen molar-refractivity contribution in [1.29, 1.82) is 0 Å². The highest BCUT2D eigenvalue weighted by molar-refractivity contribution is 7.08. The fraction of sp³-hybridized carbons (Fsp3) is 0.312. The van der Waals surface area contributed by atoms with Gasteiger partial charge in [-0.1, -0.05) is 23.2 Å². The topological polar surface area (TPSA) is 38.3 Å². The van der Waals surface area contributed by atoms with E-state index >= 15 is 0 Å². The first-order chi connectivity index (χ1) is 10.6. The molecule has 1 fully saturated rings. The summed E-state index contributed by atoms with van der Waals surface area (Å²) in [5, 5.41) is 8.11. The van der Waals surface area contributed by atoms with Gasteiger partial charge in [-0.05, 0) is 53.4 Å². The van der Waals surface area contributed by atoms with E-state index in [4.69, 9.17) is 27.9 Å². The van der Waals surface area contributed by atoms with Crippen LogP contribution in [0, 0.1) is 0 Å². The van der Waals surface area contributed by atoms with Crippen molar-refractivity contribution in [2.24, 2.45) is 0 Å². The number of amides is 1. The van der Waals surface area contributed by atoms with Gasteiger partial charge >= 0.3 is 0 Å². The van der Waals surface area contributed by atoms with Crippen molar-refractivity contribution in [3.8, 4) is 5.75 Å². The Kier molecular flexibility index (Phi) is 4.62. The average molecular weight is 356 g/mol. The second kappa shape index (κ2) is 6.49. The first-order valence-electron chi connectivity index (χ1n) is 6.96. The molecule has 1 heterocycles. The lowest BCUT2D eigenvalue weighted by Gasteiger charge is -2.15. The van der Waals surface area contributed by atoms with Crippen molar-refractivity contribution in [3.63, 3.8) is 0 Å². The second-order valence-electron chi connectivity index (χ2n) is 5.43. The molecule has 0 spiro atoms. The minimum Gasteiger partial charge on any atom is -0.482 e. The SMILES string of the molecule is O=C(COc1ccc(Cl)cc1Cl)NCC1(c2ccsc2)CC1. The molecular formula is C16H15Cl2NO2S. The van der Waals surface area contributed by atoms with Gasteiger partial charge in [0.1, 0.15) is 5.75 Å². The number of benzene rings is 1. The number of thiophene rings is 1. The molecule has 0 saturated heterocycles. The first kappa shape index (κ1) is 15.7. The van der Waals surface area contributed by atoms with Gasteiger partial charge in [-0.15, -0.1) is 0 Å². The standard InChI is InChI=1S/C16H15Cl2NO2S/c17-12-1-2-14(13(18)7-12)21-8-15(20)19-10-16(4-5-16)11-3-6-22-9-11/h1-3,6-7,9H,4-5,8,10H2,(H,19,20). The Bertz CT molecular complexity index is 669. The molecule has 0 atom stereocenters. The van der Waals surface area contributed by atoms with E-state index in [1.54, 1.807) is 29.5 Å². The van der Waals surface area contributed by atoms with Crippen LogP contribution in [0.5, 0.6) is 5.75 Å². The van der Waals surface area contributed by atoms with Crippen molar-refractivity contribution in [3.05, 3.63) is 50.6 Å². The monoisotopic (exact) mass is 355 g/mol. The summed E-state index contributed by atoms with van der Waals surface area (Å²) >= 11 is 13.5. The zero-order chi connectivity index (χ0) is 15.6. The first-order valence-corrected chi connectivity index (χ1v) is 8.66. The fourth-order valence-corrected chi connectivity index (χ4v) is 3.58. The van der Waals surface area contributed by atoms with Gasteiger partial charge in [-0.25, -0.2) is 0 Å². The van der Waals surface area contributed by atoms with Gasteiger partial charge in [0.25, 0.3) is 5.91 Å². The summed E-state index contributed by atoms with van der Waals surface area (Å²) in [5.74, 6) is 0.313. The number of rotatable bonds is 6. The summed E-state index contributed by atoms with van der Waals surface area (Å²) in [4.78, 5) is 11.9. The molecule has 2 aromatic rings. The summed E-state index contributed by atoms with van der Waals surface area (Å²) in [6.07, 6.45) is 2.24. The summed E-state index contributed by atoms with van der Waals surface area (Å²) in [6.45, 7) is 0.599. The van der Waals surface area contributed by atoms with Crippen LogP contribution in [-0.4, -0.2) is 19.1 Å². The van der Waals surface area contributed by atoms with Crippen LogP contribution in [0.15, 0.2) is 35.0 Å². The third-order valence-electron chi connectivity index (χ3n) is 3.86. The highest BCUT2D eigenvalue weighted by Crippen LogP contribution is 2.48. The molecule has 3 rings (SSSR count). The molecule has 1 N–H and O–H groups in total. The van der Waals surface area contributed by atoms with E-state index in [0.717, 1.165) is 12.8 Å². The summed E-state index contributed by atoms with van der Waals surface area (Å²) < 4.78 is 5.43. The van der Waals surface area contributed by atoms with Crippen LogP contribution in [0.25, 0.3) is 0 Å². The molecule has 1 amide bonds. The number of carbonyl (C=O) groups excluding carboxylic acids is 1. The van der Waals surface area contributed by atoms with Gasteiger partial charge in [0, 0.05) is 17.0 Å². The lowest BCUT2D eigenvalue weighted by molar-refractivity contribution is -0.123. The van der Waals surface area contributed by atoms with E-state index in [2.05, 4.69) is 22.1 Å². The smallest absolute Gasteiger partial charge is 0.257 e. The number of halogens is 2. The Labute approximate surface area is 143 Å². The molecule has 116 valence electrons. The predicted octanol–water partition coefficient (Wildman–Crippen LogP) is 4.28. The largest absolute Gasteiger partial charge is 0.482 e. The highest BCUT2D eigenvalue weighted by Gasteiger charge is 2.44. The molecule has 22 heavy (non-hydrogen) atoms. The molecule has 3 nitrogen and oxygen atoms in total.